The van der Waals surface area contributed by atoms with Crippen LogP contribution >= 0.6 is 0 Å². The molecule has 5 nitrogen and oxygen atoms in total. The summed E-state index contributed by atoms with van der Waals surface area (Å²) in [5.41, 5.74) is 0.436. The third-order valence-corrected chi connectivity index (χ3v) is 3.36. The molecule has 1 fully saturated rings. The van der Waals surface area contributed by atoms with Gasteiger partial charge < -0.3 is 15.0 Å². The molecular formula is C15H19FN2O3. The Morgan fingerprint density at radius 1 is 1.19 bits per heavy atom. The zero-order chi connectivity index (χ0) is 15.1. The highest BCUT2D eigenvalue weighted by Gasteiger charge is 2.17. The first-order chi connectivity index (χ1) is 10.2. The smallest absolute Gasteiger partial charge is 0.223 e. The maximum atomic E-state index is 13.4. The highest BCUT2D eigenvalue weighted by atomic mass is 19.1. The molecule has 2 amide bonds. The number of halogens is 1. The van der Waals surface area contributed by atoms with Crippen LogP contribution in [0.3, 0.4) is 0 Å². The minimum absolute atomic E-state index is 0.0423. The minimum atomic E-state index is -0.345. The fourth-order valence-corrected chi connectivity index (χ4v) is 2.12. The molecule has 1 heterocycles. The first-order valence-corrected chi connectivity index (χ1v) is 7.02. The van der Waals surface area contributed by atoms with Crippen molar-refractivity contribution in [2.45, 2.75) is 19.4 Å². The second-order valence-corrected chi connectivity index (χ2v) is 4.86. The zero-order valence-electron chi connectivity index (χ0n) is 11.8. The number of hydrogen-bond donors (Lipinski definition) is 1. The molecule has 1 aromatic carbocycles. The fraction of sp³-hybridized carbons (Fsp3) is 0.467. The zero-order valence-corrected chi connectivity index (χ0v) is 11.8. The van der Waals surface area contributed by atoms with E-state index in [1.54, 1.807) is 23.1 Å². The van der Waals surface area contributed by atoms with Crippen molar-refractivity contribution in [2.75, 3.05) is 26.3 Å². The van der Waals surface area contributed by atoms with E-state index in [0.717, 1.165) is 0 Å². The summed E-state index contributed by atoms with van der Waals surface area (Å²) in [6, 6.07) is 6.28. The second kappa shape index (κ2) is 7.73. The Morgan fingerprint density at radius 2 is 1.90 bits per heavy atom. The molecule has 2 rings (SSSR count). The van der Waals surface area contributed by atoms with Gasteiger partial charge in [-0.3, -0.25) is 9.59 Å². The van der Waals surface area contributed by atoms with Gasteiger partial charge in [0.25, 0.3) is 0 Å². The number of hydrogen-bond acceptors (Lipinski definition) is 3. The number of nitrogens with zero attached hydrogens (tertiary/aromatic N) is 1. The van der Waals surface area contributed by atoms with E-state index < -0.39 is 0 Å². The number of morpholine rings is 1. The minimum Gasteiger partial charge on any atom is -0.378 e. The molecule has 1 aliphatic heterocycles. The average molecular weight is 294 g/mol. The Kier molecular flexibility index (Phi) is 5.68. The van der Waals surface area contributed by atoms with Gasteiger partial charge >= 0.3 is 0 Å². The quantitative estimate of drug-likeness (QED) is 0.884. The lowest BCUT2D eigenvalue weighted by Gasteiger charge is -2.26. The SMILES string of the molecule is O=C(CCC(=O)N1CCOCC1)NCc1ccccc1F. The van der Waals surface area contributed by atoms with Crippen LogP contribution in [0.1, 0.15) is 18.4 Å². The van der Waals surface area contributed by atoms with Crippen molar-refractivity contribution in [1.29, 1.82) is 0 Å². The number of carbonyl (C=O) groups is 2. The molecule has 0 aliphatic carbocycles. The van der Waals surface area contributed by atoms with Crippen molar-refractivity contribution in [2.24, 2.45) is 0 Å². The number of carbonyl (C=O) groups excluding carboxylic acids is 2. The summed E-state index contributed by atoms with van der Waals surface area (Å²) in [5, 5.41) is 2.62. The van der Waals surface area contributed by atoms with Crippen LogP contribution in [0.5, 0.6) is 0 Å². The molecule has 6 heteroatoms. The molecule has 1 aromatic rings. The molecular weight excluding hydrogens is 275 g/mol. The molecule has 0 atom stereocenters. The van der Waals surface area contributed by atoms with Gasteiger partial charge in [-0.25, -0.2) is 4.39 Å². The summed E-state index contributed by atoms with van der Waals surface area (Å²) >= 11 is 0. The van der Waals surface area contributed by atoms with E-state index in [1.165, 1.54) is 6.07 Å². The molecule has 0 spiro atoms. The van der Waals surface area contributed by atoms with Crippen LogP contribution in [0, 0.1) is 5.82 Å². The van der Waals surface area contributed by atoms with Crippen LogP contribution in [-0.4, -0.2) is 43.0 Å². The number of nitrogens with one attached hydrogen (secondary N) is 1. The van der Waals surface area contributed by atoms with E-state index in [9.17, 15) is 14.0 Å². The van der Waals surface area contributed by atoms with Gasteiger partial charge in [0.15, 0.2) is 0 Å². The van der Waals surface area contributed by atoms with Gasteiger partial charge in [0.2, 0.25) is 11.8 Å². The first kappa shape index (κ1) is 15.4. The standard InChI is InChI=1S/C15H19FN2O3/c16-13-4-2-1-3-12(13)11-17-14(19)5-6-15(20)18-7-9-21-10-8-18/h1-4H,5-11H2,(H,17,19). The fourth-order valence-electron chi connectivity index (χ4n) is 2.12. The van der Waals surface area contributed by atoms with Gasteiger partial charge in [0.1, 0.15) is 5.82 Å². The van der Waals surface area contributed by atoms with Crippen LogP contribution in [0.15, 0.2) is 24.3 Å². The Balaban J connectivity index is 1.70. The van der Waals surface area contributed by atoms with Crippen LogP contribution in [0.25, 0.3) is 0 Å². The van der Waals surface area contributed by atoms with Crippen LogP contribution in [-0.2, 0) is 20.9 Å². The Morgan fingerprint density at radius 3 is 2.62 bits per heavy atom. The molecule has 114 valence electrons. The van der Waals surface area contributed by atoms with E-state index in [1.807, 2.05) is 0 Å². The van der Waals surface area contributed by atoms with Gasteiger partial charge in [-0.05, 0) is 6.07 Å². The van der Waals surface area contributed by atoms with Crippen molar-refractivity contribution in [1.82, 2.24) is 10.2 Å². The maximum absolute atomic E-state index is 13.4. The molecule has 0 saturated carbocycles. The topological polar surface area (TPSA) is 58.6 Å². The summed E-state index contributed by atoms with van der Waals surface area (Å²) in [6.07, 6.45) is 0.285. The molecule has 0 aromatic heterocycles. The Labute approximate surface area is 123 Å². The van der Waals surface area contributed by atoms with Crippen LogP contribution in [0.4, 0.5) is 4.39 Å². The normalized spacial score (nSPS) is 14.8. The van der Waals surface area contributed by atoms with Crippen molar-refractivity contribution in [3.63, 3.8) is 0 Å². The van der Waals surface area contributed by atoms with E-state index >= 15 is 0 Å². The average Bonchev–Trinajstić information content (AvgIpc) is 2.52. The van der Waals surface area contributed by atoms with Gasteiger partial charge in [-0.1, -0.05) is 18.2 Å². The molecule has 0 bridgehead atoms. The largest absolute Gasteiger partial charge is 0.378 e. The molecule has 21 heavy (non-hydrogen) atoms. The van der Waals surface area contributed by atoms with Crippen molar-refractivity contribution in [3.05, 3.63) is 35.6 Å². The summed E-state index contributed by atoms with van der Waals surface area (Å²) in [4.78, 5) is 25.2. The monoisotopic (exact) mass is 294 g/mol. The van der Waals surface area contributed by atoms with Crippen molar-refractivity contribution < 1.29 is 18.7 Å². The lowest BCUT2D eigenvalue weighted by atomic mass is 10.2. The number of benzene rings is 1. The molecule has 1 saturated heterocycles. The number of amides is 2. The van der Waals surface area contributed by atoms with Crippen LogP contribution < -0.4 is 5.32 Å². The highest BCUT2D eigenvalue weighted by Crippen LogP contribution is 2.06. The summed E-state index contributed by atoms with van der Waals surface area (Å²) in [7, 11) is 0. The van der Waals surface area contributed by atoms with E-state index in [0.29, 0.717) is 31.9 Å². The first-order valence-electron chi connectivity index (χ1n) is 7.02. The number of ether oxygens (including phenoxy) is 1. The van der Waals surface area contributed by atoms with Gasteiger partial charge in [0, 0.05) is 38.0 Å². The third-order valence-electron chi connectivity index (χ3n) is 3.36. The predicted molar refractivity (Wildman–Crippen MR) is 74.9 cm³/mol. The Hall–Kier alpha value is -1.95. The molecule has 0 radical (unpaired) electrons. The van der Waals surface area contributed by atoms with Crippen molar-refractivity contribution in [3.8, 4) is 0 Å². The Bertz CT molecular complexity index is 501. The van der Waals surface area contributed by atoms with E-state index in [4.69, 9.17) is 4.74 Å². The summed E-state index contributed by atoms with van der Waals surface area (Å²) in [6.45, 7) is 2.39. The number of rotatable bonds is 5. The lowest BCUT2D eigenvalue weighted by molar-refractivity contribution is -0.137. The summed E-state index contributed by atoms with van der Waals surface area (Å²) < 4.78 is 18.5. The van der Waals surface area contributed by atoms with Gasteiger partial charge in [0.05, 0.1) is 13.2 Å². The van der Waals surface area contributed by atoms with E-state index in [-0.39, 0.29) is 37.0 Å². The van der Waals surface area contributed by atoms with Gasteiger partial charge in [-0.2, -0.15) is 0 Å². The predicted octanol–water partition coefficient (Wildman–Crippen LogP) is 1.08. The van der Waals surface area contributed by atoms with Crippen LogP contribution in [0.2, 0.25) is 0 Å². The highest BCUT2D eigenvalue weighted by molar-refractivity contribution is 5.83. The molecule has 1 N–H and O–H groups in total. The third kappa shape index (κ3) is 4.82. The maximum Gasteiger partial charge on any atom is 0.223 e. The molecule has 1 aliphatic rings. The summed E-state index contributed by atoms with van der Waals surface area (Å²) in [5.74, 6) is -0.638. The molecule has 0 unspecified atom stereocenters. The van der Waals surface area contributed by atoms with E-state index in [2.05, 4.69) is 5.32 Å². The van der Waals surface area contributed by atoms with Crippen molar-refractivity contribution >= 4 is 11.8 Å². The lowest BCUT2D eigenvalue weighted by Crippen LogP contribution is -2.41. The van der Waals surface area contributed by atoms with Gasteiger partial charge in [-0.15, -0.1) is 0 Å². The second-order valence-electron chi connectivity index (χ2n) is 4.86.